The molecule has 1 aliphatic heterocycles. The summed E-state index contributed by atoms with van der Waals surface area (Å²) in [6.45, 7) is 8.12. The molecule has 0 bridgehead atoms. The standard InChI is InChI=1S/C12H24N2O2/c1-3-14(12(15)16-4-2)10-7-11-5-8-13-9-6-11/h11,13H,3-10H2,1-2H3. The average Bonchev–Trinajstić information content (AvgIpc) is 2.31. The number of amides is 1. The van der Waals surface area contributed by atoms with Crippen LogP contribution in [0.4, 0.5) is 4.79 Å². The van der Waals surface area contributed by atoms with Gasteiger partial charge in [0.25, 0.3) is 0 Å². The van der Waals surface area contributed by atoms with E-state index in [0.717, 1.165) is 38.5 Å². The highest BCUT2D eigenvalue weighted by Crippen LogP contribution is 2.16. The topological polar surface area (TPSA) is 41.6 Å². The predicted molar refractivity (Wildman–Crippen MR) is 64.5 cm³/mol. The van der Waals surface area contributed by atoms with Gasteiger partial charge in [-0.3, -0.25) is 0 Å². The van der Waals surface area contributed by atoms with Gasteiger partial charge < -0.3 is 15.0 Å². The smallest absolute Gasteiger partial charge is 0.409 e. The Morgan fingerprint density at radius 3 is 2.62 bits per heavy atom. The van der Waals surface area contributed by atoms with Gasteiger partial charge in [-0.25, -0.2) is 4.79 Å². The van der Waals surface area contributed by atoms with Crippen LogP contribution in [0.2, 0.25) is 0 Å². The predicted octanol–water partition coefficient (Wildman–Crippen LogP) is 1.85. The van der Waals surface area contributed by atoms with Crippen molar-refractivity contribution in [1.82, 2.24) is 10.2 Å². The van der Waals surface area contributed by atoms with Gasteiger partial charge in [0, 0.05) is 13.1 Å². The van der Waals surface area contributed by atoms with E-state index in [2.05, 4.69) is 5.32 Å². The fourth-order valence-corrected chi connectivity index (χ4v) is 2.10. The van der Waals surface area contributed by atoms with Crippen LogP contribution in [0, 0.1) is 5.92 Å². The normalized spacial score (nSPS) is 17.1. The van der Waals surface area contributed by atoms with E-state index >= 15 is 0 Å². The van der Waals surface area contributed by atoms with Crippen molar-refractivity contribution in [3.05, 3.63) is 0 Å². The van der Waals surface area contributed by atoms with Crippen molar-refractivity contribution in [2.24, 2.45) is 5.92 Å². The quantitative estimate of drug-likeness (QED) is 0.781. The van der Waals surface area contributed by atoms with Crippen molar-refractivity contribution in [1.29, 1.82) is 0 Å². The van der Waals surface area contributed by atoms with Crippen LogP contribution in [0.25, 0.3) is 0 Å². The maximum absolute atomic E-state index is 11.5. The first kappa shape index (κ1) is 13.3. The van der Waals surface area contributed by atoms with E-state index in [1.807, 2.05) is 13.8 Å². The SMILES string of the molecule is CCOC(=O)N(CC)CCC1CCNCC1. The Morgan fingerprint density at radius 1 is 1.38 bits per heavy atom. The van der Waals surface area contributed by atoms with Crippen molar-refractivity contribution in [2.45, 2.75) is 33.1 Å². The number of rotatable bonds is 5. The Hall–Kier alpha value is -0.770. The Balaban J connectivity index is 2.24. The van der Waals surface area contributed by atoms with Crippen molar-refractivity contribution >= 4 is 6.09 Å². The van der Waals surface area contributed by atoms with Crippen LogP contribution in [0.1, 0.15) is 33.1 Å². The largest absolute Gasteiger partial charge is 0.450 e. The van der Waals surface area contributed by atoms with E-state index in [0.29, 0.717) is 6.61 Å². The van der Waals surface area contributed by atoms with Gasteiger partial charge in [0.2, 0.25) is 0 Å². The first-order valence-electron chi connectivity index (χ1n) is 6.40. The molecule has 0 saturated carbocycles. The van der Waals surface area contributed by atoms with Crippen molar-refractivity contribution < 1.29 is 9.53 Å². The van der Waals surface area contributed by atoms with Crippen LogP contribution in [0.15, 0.2) is 0 Å². The lowest BCUT2D eigenvalue weighted by molar-refractivity contribution is 0.106. The summed E-state index contributed by atoms with van der Waals surface area (Å²) < 4.78 is 5.01. The van der Waals surface area contributed by atoms with E-state index in [1.54, 1.807) is 4.90 Å². The van der Waals surface area contributed by atoms with Gasteiger partial charge in [-0.2, -0.15) is 0 Å². The molecule has 4 heteroatoms. The molecule has 4 nitrogen and oxygen atoms in total. The molecule has 0 aromatic carbocycles. The zero-order valence-corrected chi connectivity index (χ0v) is 10.5. The highest BCUT2D eigenvalue weighted by Gasteiger charge is 2.17. The molecule has 1 N–H and O–H groups in total. The third-order valence-electron chi connectivity index (χ3n) is 3.17. The zero-order chi connectivity index (χ0) is 11.8. The molecule has 1 saturated heterocycles. The second-order valence-electron chi connectivity index (χ2n) is 4.26. The lowest BCUT2D eigenvalue weighted by Gasteiger charge is -2.26. The third-order valence-corrected chi connectivity index (χ3v) is 3.17. The summed E-state index contributed by atoms with van der Waals surface area (Å²) >= 11 is 0. The van der Waals surface area contributed by atoms with Crippen LogP contribution in [0.3, 0.4) is 0 Å². The molecule has 1 rings (SSSR count). The molecule has 16 heavy (non-hydrogen) atoms. The van der Waals surface area contributed by atoms with E-state index in [1.165, 1.54) is 12.8 Å². The molecule has 0 radical (unpaired) electrons. The molecule has 0 aromatic rings. The Bertz CT molecular complexity index is 203. The van der Waals surface area contributed by atoms with Crippen LogP contribution >= 0.6 is 0 Å². The highest BCUT2D eigenvalue weighted by molar-refractivity contribution is 5.67. The van der Waals surface area contributed by atoms with Crippen LogP contribution in [0.5, 0.6) is 0 Å². The van der Waals surface area contributed by atoms with Crippen molar-refractivity contribution in [2.75, 3.05) is 32.8 Å². The van der Waals surface area contributed by atoms with Crippen molar-refractivity contribution in [3.8, 4) is 0 Å². The summed E-state index contributed by atoms with van der Waals surface area (Å²) in [6, 6.07) is 0. The summed E-state index contributed by atoms with van der Waals surface area (Å²) in [5.74, 6) is 0.768. The maximum atomic E-state index is 11.5. The molecular weight excluding hydrogens is 204 g/mol. The molecule has 1 aliphatic rings. The monoisotopic (exact) mass is 228 g/mol. The number of carbonyl (C=O) groups excluding carboxylic acids is 1. The van der Waals surface area contributed by atoms with E-state index < -0.39 is 0 Å². The van der Waals surface area contributed by atoms with Gasteiger partial charge in [-0.05, 0) is 52.1 Å². The highest BCUT2D eigenvalue weighted by atomic mass is 16.6. The van der Waals surface area contributed by atoms with Crippen LogP contribution < -0.4 is 5.32 Å². The molecule has 0 spiro atoms. The molecule has 0 aliphatic carbocycles. The average molecular weight is 228 g/mol. The number of carbonyl (C=O) groups is 1. The first-order valence-corrected chi connectivity index (χ1v) is 6.40. The van der Waals surface area contributed by atoms with Gasteiger partial charge in [0.15, 0.2) is 0 Å². The Kier molecular flexibility index (Phi) is 6.23. The summed E-state index contributed by atoms with van der Waals surface area (Å²) in [6.07, 6.45) is 3.41. The first-order chi connectivity index (χ1) is 7.77. The summed E-state index contributed by atoms with van der Waals surface area (Å²) in [5, 5.41) is 3.35. The molecule has 0 atom stereocenters. The minimum atomic E-state index is -0.168. The molecule has 1 fully saturated rings. The fourth-order valence-electron chi connectivity index (χ4n) is 2.10. The minimum Gasteiger partial charge on any atom is -0.450 e. The third kappa shape index (κ3) is 4.39. The Labute approximate surface area is 98.3 Å². The number of piperidine rings is 1. The number of hydrogen-bond donors (Lipinski definition) is 1. The summed E-state index contributed by atoms with van der Waals surface area (Å²) in [5.41, 5.74) is 0. The summed E-state index contributed by atoms with van der Waals surface area (Å²) in [4.78, 5) is 13.3. The van der Waals surface area contributed by atoms with E-state index in [-0.39, 0.29) is 6.09 Å². The molecule has 0 unspecified atom stereocenters. The van der Waals surface area contributed by atoms with Gasteiger partial charge >= 0.3 is 6.09 Å². The molecule has 1 amide bonds. The van der Waals surface area contributed by atoms with Gasteiger partial charge in [-0.1, -0.05) is 0 Å². The van der Waals surface area contributed by atoms with E-state index in [4.69, 9.17) is 4.74 Å². The zero-order valence-electron chi connectivity index (χ0n) is 10.5. The number of hydrogen-bond acceptors (Lipinski definition) is 3. The lowest BCUT2D eigenvalue weighted by atomic mass is 9.94. The molecule has 94 valence electrons. The van der Waals surface area contributed by atoms with Crippen LogP contribution in [-0.4, -0.2) is 43.8 Å². The molecule has 1 heterocycles. The Morgan fingerprint density at radius 2 is 2.06 bits per heavy atom. The van der Waals surface area contributed by atoms with Crippen LogP contribution in [-0.2, 0) is 4.74 Å². The second kappa shape index (κ2) is 7.49. The maximum Gasteiger partial charge on any atom is 0.409 e. The van der Waals surface area contributed by atoms with Gasteiger partial charge in [0.05, 0.1) is 6.61 Å². The van der Waals surface area contributed by atoms with Crippen molar-refractivity contribution in [3.63, 3.8) is 0 Å². The minimum absolute atomic E-state index is 0.168. The van der Waals surface area contributed by atoms with Gasteiger partial charge in [-0.15, -0.1) is 0 Å². The lowest BCUT2D eigenvalue weighted by Crippen LogP contribution is -2.35. The number of ether oxygens (including phenoxy) is 1. The molecule has 0 aromatic heterocycles. The molecular formula is C12H24N2O2. The number of nitrogens with zero attached hydrogens (tertiary/aromatic N) is 1. The van der Waals surface area contributed by atoms with Gasteiger partial charge in [0.1, 0.15) is 0 Å². The fraction of sp³-hybridized carbons (Fsp3) is 0.917. The number of nitrogens with one attached hydrogen (secondary N) is 1. The van der Waals surface area contributed by atoms with E-state index in [9.17, 15) is 4.79 Å². The second-order valence-corrected chi connectivity index (χ2v) is 4.26. The summed E-state index contributed by atoms with van der Waals surface area (Å²) in [7, 11) is 0.